The van der Waals surface area contributed by atoms with Gasteiger partial charge in [0, 0.05) is 6.54 Å². The van der Waals surface area contributed by atoms with Gasteiger partial charge in [-0.15, -0.1) is 0 Å². The predicted octanol–water partition coefficient (Wildman–Crippen LogP) is 2.83. The van der Waals surface area contributed by atoms with Crippen LogP contribution in [0.1, 0.15) is 5.56 Å². The molecule has 0 fully saturated rings. The molecule has 2 N–H and O–H groups in total. The van der Waals surface area contributed by atoms with Gasteiger partial charge in [0.1, 0.15) is 0 Å². The van der Waals surface area contributed by atoms with E-state index in [4.69, 9.17) is 5.21 Å². The fourth-order valence-electron chi connectivity index (χ4n) is 1.66. The number of hydroxylamine groups is 1. The van der Waals surface area contributed by atoms with Crippen molar-refractivity contribution >= 4 is 0 Å². The Balaban J connectivity index is 2.43. The maximum atomic E-state index is 8.74. The number of nitrogens with one attached hydrogen (secondary N) is 1. The molecule has 0 atom stereocenters. The molecule has 0 unspecified atom stereocenters. The van der Waals surface area contributed by atoms with Crippen LogP contribution in [0.3, 0.4) is 0 Å². The lowest BCUT2D eigenvalue weighted by atomic mass is 10.00. The van der Waals surface area contributed by atoms with Gasteiger partial charge in [0.15, 0.2) is 0 Å². The van der Waals surface area contributed by atoms with E-state index < -0.39 is 0 Å². The standard InChI is InChI=1S/C13H13NO/c15-14-10-12-8-4-5-9-13(12)11-6-2-1-3-7-11/h1-9,14-15H,10H2. The van der Waals surface area contributed by atoms with Crippen LogP contribution >= 0.6 is 0 Å². The van der Waals surface area contributed by atoms with E-state index in [-0.39, 0.29) is 0 Å². The highest BCUT2D eigenvalue weighted by Gasteiger charge is 2.02. The summed E-state index contributed by atoms with van der Waals surface area (Å²) in [5.74, 6) is 0. The predicted molar refractivity (Wildman–Crippen MR) is 60.5 cm³/mol. The summed E-state index contributed by atoms with van der Waals surface area (Å²) in [7, 11) is 0. The minimum atomic E-state index is 0.463. The second kappa shape index (κ2) is 4.73. The van der Waals surface area contributed by atoms with Crippen molar-refractivity contribution in [3.05, 3.63) is 60.2 Å². The molecule has 2 heteroatoms. The van der Waals surface area contributed by atoms with Crippen molar-refractivity contribution < 1.29 is 5.21 Å². The molecule has 76 valence electrons. The molecular weight excluding hydrogens is 186 g/mol. The number of hydrogen-bond acceptors (Lipinski definition) is 2. The van der Waals surface area contributed by atoms with Crippen molar-refractivity contribution in [2.45, 2.75) is 6.54 Å². The minimum absolute atomic E-state index is 0.463. The summed E-state index contributed by atoms with van der Waals surface area (Å²) < 4.78 is 0. The lowest BCUT2D eigenvalue weighted by Gasteiger charge is -2.08. The lowest BCUT2D eigenvalue weighted by Crippen LogP contribution is -2.07. The molecule has 0 aliphatic carbocycles. The summed E-state index contributed by atoms with van der Waals surface area (Å²) in [6.07, 6.45) is 0. The van der Waals surface area contributed by atoms with Gasteiger partial charge in [-0.3, -0.25) is 0 Å². The maximum absolute atomic E-state index is 8.74. The summed E-state index contributed by atoms with van der Waals surface area (Å²) in [5, 5.41) is 8.74. The third-order valence-corrected chi connectivity index (χ3v) is 2.37. The fraction of sp³-hybridized carbons (Fsp3) is 0.0769. The molecule has 0 aliphatic rings. The molecule has 0 aliphatic heterocycles. The van der Waals surface area contributed by atoms with Crippen molar-refractivity contribution in [3.63, 3.8) is 0 Å². The maximum Gasteiger partial charge on any atom is 0.0464 e. The summed E-state index contributed by atoms with van der Waals surface area (Å²) in [4.78, 5) is 0. The molecule has 0 saturated carbocycles. The topological polar surface area (TPSA) is 32.3 Å². The molecule has 0 amide bonds. The molecule has 0 saturated heterocycles. The van der Waals surface area contributed by atoms with Crippen molar-refractivity contribution in [1.29, 1.82) is 0 Å². The van der Waals surface area contributed by atoms with Crippen molar-refractivity contribution in [3.8, 4) is 11.1 Å². The van der Waals surface area contributed by atoms with E-state index in [1.165, 1.54) is 5.56 Å². The van der Waals surface area contributed by atoms with Crippen LogP contribution in [-0.2, 0) is 6.54 Å². The summed E-state index contributed by atoms with van der Waals surface area (Å²) in [6.45, 7) is 0.463. The van der Waals surface area contributed by atoms with Crippen molar-refractivity contribution in [2.75, 3.05) is 0 Å². The zero-order chi connectivity index (χ0) is 10.5. The fourth-order valence-corrected chi connectivity index (χ4v) is 1.66. The highest BCUT2D eigenvalue weighted by molar-refractivity contribution is 5.67. The first-order valence-corrected chi connectivity index (χ1v) is 4.92. The Labute approximate surface area is 89.2 Å². The minimum Gasteiger partial charge on any atom is -0.316 e. The van der Waals surface area contributed by atoms with E-state index in [1.807, 2.05) is 36.4 Å². The van der Waals surface area contributed by atoms with Crippen molar-refractivity contribution in [1.82, 2.24) is 5.48 Å². The monoisotopic (exact) mass is 199 g/mol. The quantitative estimate of drug-likeness (QED) is 0.745. The Hall–Kier alpha value is -1.64. The second-order valence-electron chi connectivity index (χ2n) is 3.36. The van der Waals surface area contributed by atoms with Crippen LogP contribution in [0.25, 0.3) is 11.1 Å². The average molecular weight is 199 g/mol. The molecule has 0 aromatic heterocycles. The summed E-state index contributed by atoms with van der Waals surface area (Å²) >= 11 is 0. The van der Waals surface area contributed by atoms with Gasteiger partial charge in [-0.25, -0.2) is 5.48 Å². The van der Waals surface area contributed by atoms with Crippen LogP contribution in [0.5, 0.6) is 0 Å². The van der Waals surface area contributed by atoms with Gasteiger partial charge in [0.2, 0.25) is 0 Å². The normalized spacial score (nSPS) is 10.2. The number of hydrogen-bond donors (Lipinski definition) is 2. The second-order valence-corrected chi connectivity index (χ2v) is 3.36. The molecule has 0 radical (unpaired) electrons. The molecule has 15 heavy (non-hydrogen) atoms. The van der Waals surface area contributed by atoms with Gasteiger partial charge in [0.05, 0.1) is 0 Å². The molecular formula is C13H13NO. The van der Waals surface area contributed by atoms with Crippen LogP contribution in [0.4, 0.5) is 0 Å². The van der Waals surface area contributed by atoms with Crippen LogP contribution < -0.4 is 5.48 Å². The number of rotatable bonds is 3. The van der Waals surface area contributed by atoms with E-state index in [9.17, 15) is 0 Å². The largest absolute Gasteiger partial charge is 0.316 e. The van der Waals surface area contributed by atoms with Crippen LogP contribution in [0.15, 0.2) is 54.6 Å². The van der Waals surface area contributed by atoms with Gasteiger partial charge in [-0.2, -0.15) is 0 Å². The van der Waals surface area contributed by atoms with Gasteiger partial charge in [-0.05, 0) is 16.7 Å². The smallest absolute Gasteiger partial charge is 0.0464 e. The molecule has 2 aromatic carbocycles. The molecule has 2 nitrogen and oxygen atoms in total. The Kier molecular flexibility index (Phi) is 3.12. The number of benzene rings is 2. The highest BCUT2D eigenvalue weighted by Crippen LogP contribution is 2.22. The highest BCUT2D eigenvalue weighted by atomic mass is 16.5. The SMILES string of the molecule is ONCc1ccccc1-c1ccccc1. The van der Waals surface area contributed by atoms with Gasteiger partial charge in [-0.1, -0.05) is 54.6 Å². The molecule has 2 rings (SSSR count). The molecule has 2 aromatic rings. The van der Waals surface area contributed by atoms with E-state index in [2.05, 4.69) is 23.7 Å². The van der Waals surface area contributed by atoms with E-state index in [0.717, 1.165) is 11.1 Å². The van der Waals surface area contributed by atoms with E-state index >= 15 is 0 Å². The average Bonchev–Trinajstić information content (AvgIpc) is 2.31. The van der Waals surface area contributed by atoms with E-state index in [1.54, 1.807) is 0 Å². The molecule has 0 bridgehead atoms. The third kappa shape index (κ3) is 2.24. The molecule has 0 spiro atoms. The first-order chi connectivity index (χ1) is 7.42. The Bertz CT molecular complexity index is 426. The van der Waals surface area contributed by atoms with Gasteiger partial charge in [0.25, 0.3) is 0 Å². The Morgan fingerprint density at radius 3 is 2.27 bits per heavy atom. The summed E-state index contributed by atoms with van der Waals surface area (Å²) in [5.41, 5.74) is 5.61. The Morgan fingerprint density at radius 2 is 1.53 bits per heavy atom. The first kappa shape index (κ1) is 9.90. The van der Waals surface area contributed by atoms with Crippen LogP contribution in [0.2, 0.25) is 0 Å². The summed E-state index contributed by atoms with van der Waals surface area (Å²) in [6, 6.07) is 18.2. The Morgan fingerprint density at radius 1 is 0.867 bits per heavy atom. The first-order valence-electron chi connectivity index (χ1n) is 4.92. The van der Waals surface area contributed by atoms with Crippen molar-refractivity contribution in [2.24, 2.45) is 0 Å². The lowest BCUT2D eigenvalue weighted by molar-refractivity contribution is 0.161. The van der Waals surface area contributed by atoms with Crippen LogP contribution in [-0.4, -0.2) is 5.21 Å². The third-order valence-electron chi connectivity index (χ3n) is 2.37. The van der Waals surface area contributed by atoms with E-state index in [0.29, 0.717) is 6.54 Å². The zero-order valence-electron chi connectivity index (χ0n) is 8.35. The van der Waals surface area contributed by atoms with Gasteiger partial charge < -0.3 is 5.21 Å². The van der Waals surface area contributed by atoms with Gasteiger partial charge >= 0.3 is 0 Å². The van der Waals surface area contributed by atoms with Crippen LogP contribution in [0, 0.1) is 0 Å². The molecule has 0 heterocycles. The zero-order valence-corrected chi connectivity index (χ0v) is 8.35.